The molecule has 0 saturated heterocycles. The van der Waals surface area contributed by atoms with Gasteiger partial charge in [0, 0.05) is 11.1 Å². The molecular formula is C21H27NO3. The molecule has 2 aromatic carbocycles. The third kappa shape index (κ3) is 5.61. The Morgan fingerprint density at radius 3 is 2.44 bits per heavy atom. The van der Waals surface area contributed by atoms with Crippen LogP contribution in [0.3, 0.4) is 0 Å². The third-order valence-electron chi connectivity index (χ3n) is 3.84. The molecule has 1 amide bonds. The van der Waals surface area contributed by atoms with Gasteiger partial charge in [-0.1, -0.05) is 30.3 Å². The normalized spacial score (nSPS) is 12.0. The lowest BCUT2D eigenvalue weighted by atomic mass is 10.1. The summed E-state index contributed by atoms with van der Waals surface area (Å²) in [5.74, 6) is 0.654. The Bertz CT molecular complexity index is 683. The fourth-order valence-electron chi connectivity index (χ4n) is 2.49. The highest BCUT2D eigenvalue weighted by Gasteiger charge is 2.14. The molecule has 0 aliphatic carbocycles. The van der Waals surface area contributed by atoms with E-state index in [9.17, 15) is 4.79 Å². The second kappa shape index (κ2) is 9.23. The largest absolute Gasteiger partial charge is 0.494 e. The van der Waals surface area contributed by atoms with Crippen molar-refractivity contribution in [2.45, 2.75) is 46.4 Å². The maximum atomic E-state index is 12.6. The molecule has 0 bridgehead atoms. The molecule has 0 radical (unpaired) electrons. The Morgan fingerprint density at radius 1 is 1.08 bits per heavy atom. The minimum absolute atomic E-state index is 0.0596. The Kier molecular flexibility index (Phi) is 7.02. The predicted octanol–water partition coefficient (Wildman–Crippen LogP) is 4.50. The van der Waals surface area contributed by atoms with Gasteiger partial charge in [0.05, 0.1) is 25.4 Å². The first-order valence-electron chi connectivity index (χ1n) is 8.74. The molecule has 0 aromatic heterocycles. The number of hydrogen-bond acceptors (Lipinski definition) is 3. The predicted molar refractivity (Wildman–Crippen MR) is 99.9 cm³/mol. The fraction of sp³-hybridized carbons (Fsp3) is 0.381. The average molecular weight is 341 g/mol. The summed E-state index contributed by atoms with van der Waals surface area (Å²) in [4.78, 5) is 12.6. The van der Waals surface area contributed by atoms with Crippen molar-refractivity contribution in [2.75, 3.05) is 6.61 Å². The molecular weight excluding hydrogens is 314 g/mol. The van der Waals surface area contributed by atoms with E-state index in [2.05, 4.69) is 5.32 Å². The van der Waals surface area contributed by atoms with Crippen LogP contribution in [-0.4, -0.2) is 18.6 Å². The fourth-order valence-corrected chi connectivity index (χ4v) is 2.49. The molecule has 2 rings (SSSR count). The Labute approximate surface area is 150 Å². The zero-order valence-corrected chi connectivity index (χ0v) is 15.4. The minimum atomic E-state index is -0.106. The third-order valence-corrected chi connectivity index (χ3v) is 3.84. The van der Waals surface area contributed by atoms with Gasteiger partial charge in [-0.15, -0.1) is 0 Å². The Hall–Kier alpha value is -2.33. The van der Waals surface area contributed by atoms with Crippen LogP contribution in [0.1, 0.15) is 55.2 Å². The van der Waals surface area contributed by atoms with Crippen molar-refractivity contribution in [3.8, 4) is 5.75 Å². The molecule has 4 heteroatoms. The second-order valence-corrected chi connectivity index (χ2v) is 6.22. The number of carbonyl (C=O) groups is 1. The second-order valence-electron chi connectivity index (χ2n) is 6.22. The molecule has 1 atom stereocenters. The van der Waals surface area contributed by atoms with Gasteiger partial charge in [-0.25, -0.2) is 0 Å². The van der Waals surface area contributed by atoms with Crippen LogP contribution in [0.5, 0.6) is 5.75 Å². The molecule has 0 saturated carbocycles. The summed E-state index contributed by atoms with van der Waals surface area (Å²) in [6.07, 6.45) is 0.116. The number of amides is 1. The van der Waals surface area contributed by atoms with Crippen LogP contribution in [0.2, 0.25) is 0 Å². The SMILES string of the molecule is CCOc1ccc(C(=O)NC(C)c2ccccc2)cc1COC(C)C. The summed E-state index contributed by atoms with van der Waals surface area (Å²) in [6.45, 7) is 8.88. The van der Waals surface area contributed by atoms with Crippen molar-refractivity contribution in [1.82, 2.24) is 5.32 Å². The monoisotopic (exact) mass is 341 g/mol. The van der Waals surface area contributed by atoms with E-state index >= 15 is 0 Å². The van der Waals surface area contributed by atoms with Crippen LogP contribution in [0, 0.1) is 0 Å². The van der Waals surface area contributed by atoms with Crippen LogP contribution in [0.4, 0.5) is 0 Å². The van der Waals surface area contributed by atoms with Crippen molar-refractivity contribution < 1.29 is 14.3 Å². The van der Waals surface area contributed by atoms with Crippen LogP contribution in [-0.2, 0) is 11.3 Å². The number of ether oxygens (including phenoxy) is 2. The number of carbonyl (C=O) groups excluding carboxylic acids is 1. The van der Waals surface area contributed by atoms with Gasteiger partial charge in [0.25, 0.3) is 5.91 Å². The van der Waals surface area contributed by atoms with E-state index in [1.165, 1.54) is 0 Å². The number of benzene rings is 2. The maximum Gasteiger partial charge on any atom is 0.251 e. The van der Waals surface area contributed by atoms with E-state index in [0.29, 0.717) is 18.8 Å². The van der Waals surface area contributed by atoms with Gasteiger partial charge in [0.2, 0.25) is 0 Å². The molecule has 134 valence electrons. The topological polar surface area (TPSA) is 47.6 Å². The first kappa shape index (κ1) is 19.0. The summed E-state index contributed by atoms with van der Waals surface area (Å²) in [6, 6.07) is 15.3. The molecule has 0 aliphatic heterocycles. The summed E-state index contributed by atoms with van der Waals surface area (Å²) < 4.78 is 11.3. The number of nitrogens with one attached hydrogen (secondary N) is 1. The lowest BCUT2D eigenvalue weighted by Crippen LogP contribution is -2.26. The first-order chi connectivity index (χ1) is 12.0. The van der Waals surface area contributed by atoms with Gasteiger partial charge in [0.1, 0.15) is 5.75 Å². The lowest BCUT2D eigenvalue weighted by molar-refractivity contribution is 0.0641. The van der Waals surface area contributed by atoms with Crippen LogP contribution >= 0.6 is 0 Å². The average Bonchev–Trinajstić information content (AvgIpc) is 2.61. The minimum Gasteiger partial charge on any atom is -0.494 e. The molecule has 0 aliphatic rings. The molecule has 1 N–H and O–H groups in total. The summed E-state index contributed by atoms with van der Waals surface area (Å²) in [7, 11) is 0. The summed E-state index contributed by atoms with van der Waals surface area (Å²) in [5.41, 5.74) is 2.56. The van der Waals surface area contributed by atoms with Gasteiger partial charge >= 0.3 is 0 Å². The Morgan fingerprint density at radius 2 is 1.80 bits per heavy atom. The molecule has 0 spiro atoms. The standard InChI is InChI=1S/C21H27NO3/c1-5-24-20-12-11-18(13-19(20)14-25-15(2)3)21(23)22-16(4)17-9-7-6-8-10-17/h6-13,15-16H,5,14H2,1-4H3,(H,22,23). The van der Waals surface area contributed by atoms with Gasteiger partial charge < -0.3 is 14.8 Å². The van der Waals surface area contributed by atoms with E-state index in [0.717, 1.165) is 16.9 Å². The maximum absolute atomic E-state index is 12.6. The van der Waals surface area contributed by atoms with E-state index < -0.39 is 0 Å². The number of rotatable bonds is 8. The molecule has 4 nitrogen and oxygen atoms in total. The van der Waals surface area contributed by atoms with Crippen molar-refractivity contribution in [3.05, 3.63) is 65.2 Å². The van der Waals surface area contributed by atoms with E-state index in [4.69, 9.17) is 9.47 Å². The van der Waals surface area contributed by atoms with Gasteiger partial charge in [-0.05, 0) is 51.5 Å². The quantitative estimate of drug-likeness (QED) is 0.769. The van der Waals surface area contributed by atoms with Crippen LogP contribution in [0.15, 0.2) is 48.5 Å². The lowest BCUT2D eigenvalue weighted by Gasteiger charge is -2.16. The van der Waals surface area contributed by atoms with Crippen molar-refractivity contribution in [1.29, 1.82) is 0 Å². The van der Waals surface area contributed by atoms with Crippen molar-refractivity contribution >= 4 is 5.91 Å². The van der Waals surface area contributed by atoms with Crippen LogP contribution < -0.4 is 10.1 Å². The van der Waals surface area contributed by atoms with Crippen molar-refractivity contribution in [3.63, 3.8) is 0 Å². The number of hydrogen-bond donors (Lipinski definition) is 1. The van der Waals surface area contributed by atoms with Gasteiger partial charge in [-0.3, -0.25) is 4.79 Å². The highest BCUT2D eigenvalue weighted by molar-refractivity contribution is 5.94. The van der Waals surface area contributed by atoms with E-state index in [-0.39, 0.29) is 18.1 Å². The highest BCUT2D eigenvalue weighted by Crippen LogP contribution is 2.22. The summed E-state index contributed by atoms with van der Waals surface area (Å²) >= 11 is 0. The van der Waals surface area contributed by atoms with Crippen molar-refractivity contribution in [2.24, 2.45) is 0 Å². The van der Waals surface area contributed by atoms with E-state index in [1.807, 2.05) is 70.2 Å². The van der Waals surface area contributed by atoms with Gasteiger partial charge in [0.15, 0.2) is 0 Å². The molecule has 2 aromatic rings. The zero-order chi connectivity index (χ0) is 18.2. The van der Waals surface area contributed by atoms with Gasteiger partial charge in [-0.2, -0.15) is 0 Å². The molecule has 0 heterocycles. The van der Waals surface area contributed by atoms with E-state index in [1.54, 1.807) is 6.07 Å². The molecule has 1 unspecified atom stereocenters. The molecule has 25 heavy (non-hydrogen) atoms. The first-order valence-corrected chi connectivity index (χ1v) is 8.74. The molecule has 0 fully saturated rings. The highest BCUT2D eigenvalue weighted by atomic mass is 16.5. The summed E-state index contributed by atoms with van der Waals surface area (Å²) in [5, 5.41) is 3.04. The zero-order valence-electron chi connectivity index (χ0n) is 15.4. The smallest absolute Gasteiger partial charge is 0.251 e. The Balaban J connectivity index is 2.14. The van der Waals surface area contributed by atoms with Crippen LogP contribution in [0.25, 0.3) is 0 Å².